The molecule has 1 aliphatic rings. The normalized spacial score (nSPS) is 14.9. The van der Waals surface area contributed by atoms with Gasteiger partial charge in [0, 0.05) is 4.47 Å². The number of hydrogen-bond acceptors (Lipinski definition) is 7. The number of fused-ring (bicyclic) bond motifs is 1. The number of nitrogens with zero attached hydrogens (tertiary/aromatic N) is 2. The summed E-state index contributed by atoms with van der Waals surface area (Å²) in [5.74, 6) is 1.04. The molecule has 1 aliphatic heterocycles. The van der Waals surface area contributed by atoms with Crippen molar-refractivity contribution in [2.45, 2.75) is 46.3 Å². The van der Waals surface area contributed by atoms with E-state index in [1.807, 2.05) is 72.8 Å². The molecule has 1 aromatic heterocycles. The van der Waals surface area contributed by atoms with Gasteiger partial charge < -0.3 is 14.2 Å². The predicted molar refractivity (Wildman–Crippen MR) is 172 cm³/mol. The van der Waals surface area contributed by atoms with Crippen molar-refractivity contribution in [3.8, 4) is 11.5 Å². The van der Waals surface area contributed by atoms with E-state index in [1.54, 1.807) is 25.5 Å². The lowest BCUT2D eigenvalue weighted by Crippen LogP contribution is -2.39. The van der Waals surface area contributed by atoms with E-state index in [9.17, 15) is 9.59 Å². The van der Waals surface area contributed by atoms with Gasteiger partial charge in [-0.25, -0.2) is 9.79 Å². The van der Waals surface area contributed by atoms with Gasteiger partial charge in [-0.05, 0) is 72.4 Å². The van der Waals surface area contributed by atoms with Gasteiger partial charge in [-0.3, -0.25) is 9.36 Å². The number of thiazole rings is 1. The van der Waals surface area contributed by atoms with Crippen LogP contribution in [0.25, 0.3) is 6.08 Å². The fraction of sp³-hybridized carbons (Fsp3) is 0.265. The maximum atomic E-state index is 14.0. The second-order valence-electron chi connectivity index (χ2n) is 10.4. The molecular formula is C34H33BrN2O5S. The summed E-state index contributed by atoms with van der Waals surface area (Å²) in [6.07, 6.45) is 1.81. The highest BCUT2D eigenvalue weighted by Gasteiger charge is 2.33. The highest BCUT2D eigenvalue weighted by atomic mass is 79.9. The summed E-state index contributed by atoms with van der Waals surface area (Å²) < 4.78 is 20.1. The van der Waals surface area contributed by atoms with Crippen LogP contribution in [0.4, 0.5) is 0 Å². The van der Waals surface area contributed by atoms with Gasteiger partial charge in [-0.2, -0.15) is 0 Å². The maximum absolute atomic E-state index is 14.0. The second kappa shape index (κ2) is 13.1. The number of aromatic nitrogens is 1. The molecule has 222 valence electrons. The summed E-state index contributed by atoms with van der Waals surface area (Å²) in [5, 5.41) is 0. The second-order valence-corrected chi connectivity index (χ2v) is 12.4. The molecule has 0 aliphatic carbocycles. The van der Waals surface area contributed by atoms with Crippen LogP contribution in [-0.2, 0) is 16.1 Å². The van der Waals surface area contributed by atoms with E-state index in [-0.39, 0.29) is 12.2 Å². The number of carbonyl (C=O) groups is 1. The van der Waals surface area contributed by atoms with E-state index in [1.165, 1.54) is 16.9 Å². The largest absolute Gasteiger partial charge is 0.493 e. The number of halogens is 1. The molecule has 0 spiro atoms. The number of hydrogen-bond donors (Lipinski definition) is 0. The number of benzene rings is 3. The fourth-order valence-electron chi connectivity index (χ4n) is 4.96. The first-order valence-corrected chi connectivity index (χ1v) is 15.7. The molecule has 7 nitrogen and oxygen atoms in total. The minimum atomic E-state index is -0.650. The zero-order valence-electron chi connectivity index (χ0n) is 24.7. The van der Waals surface area contributed by atoms with Crippen molar-refractivity contribution in [2.75, 3.05) is 13.7 Å². The zero-order chi connectivity index (χ0) is 30.7. The van der Waals surface area contributed by atoms with Gasteiger partial charge in [0.2, 0.25) is 0 Å². The maximum Gasteiger partial charge on any atom is 0.338 e. The van der Waals surface area contributed by atoms with E-state index < -0.39 is 12.0 Å². The van der Waals surface area contributed by atoms with E-state index in [4.69, 9.17) is 14.2 Å². The minimum absolute atomic E-state index is 0.226. The predicted octanol–water partition coefficient (Wildman–Crippen LogP) is 6.27. The van der Waals surface area contributed by atoms with Crippen molar-refractivity contribution < 1.29 is 19.0 Å². The molecule has 0 N–H and O–H groups in total. The average molecular weight is 662 g/mol. The third-order valence-electron chi connectivity index (χ3n) is 7.23. The van der Waals surface area contributed by atoms with Gasteiger partial charge in [0.25, 0.3) is 5.56 Å². The molecule has 0 saturated heterocycles. The molecule has 1 atom stereocenters. The van der Waals surface area contributed by atoms with Crippen LogP contribution in [0.2, 0.25) is 0 Å². The van der Waals surface area contributed by atoms with Crippen molar-refractivity contribution in [3.63, 3.8) is 0 Å². The average Bonchev–Trinajstić information content (AvgIpc) is 3.30. The van der Waals surface area contributed by atoms with Gasteiger partial charge >= 0.3 is 5.97 Å². The lowest BCUT2D eigenvalue weighted by molar-refractivity contribution is -0.139. The summed E-state index contributed by atoms with van der Waals surface area (Å²) in [7, 11) is 1.59. The summed E-state index contributed by atoms with van der Waals surface area (Å²) in [4.78, 5) is 32.3. The highest BCUT2D eigenvalue weighted by Crippen LogP contribution is 2.32. The van der Waals surface area contributed by atoms with E-state index in [0.29, 0.717) is 44.6 Å². The third kappa shape index (κ3) is 6.53. The van der Waals surface area contributed by atoms with Gasteiger partial charge in [0.1, 0.15) is 6.61 Å². The Hall–Kier alpha value is -3.95. The lowest BCUT2D eigenvalue weighted by Gasteiger charge is -2.25. The molecule has 9 heteroatoms. The fourth-order valence-corrected chi connectivity index (χ4v) is 6.27. The third-order valence-corrected chi connectivity index (χ3v) is 8.74. The molecule has 0 unspecified atom stereocenters. The Balaban J connectivity index is 1.54. The molecule has 3 aromatic carbocycles. The molecule has 2 heterocycles. The van der Waals surface area contributed by atoms with Crippen molar-refractivity contribution in [2.24, 2.45) is 4.99 Å². The molecule has 0 radical (unpaired) electrons. The lowest BCUT2D eigenvalue weighted by atomic mass is 9.93. The van der Waals surface area contributed by atoms with Crippen LogP contribution in [-0.4, -0.2) is 24.3 Å². The van der Waals surface area contributed by atoms with Crippen LogP contribution >= 0.6 is 27.3 Å². The van der Waals surface area contributed by atoms with Crippen LogP contribution in [0.1, 0.15) is 61.9 Å². The van der Waals surface area contributed by atoms with Crippen molar-refractivity contribution in [1.82, 2.24) is 4.57 Å². The Kier molecular flexibility index (Phi) is 9.32. The highest BCUT2D eigenvalue weighted by molar-refractivity contribution is 9.10. The first-order valence-electron chi connectivity index (χ1n) is 14.0. The van der Waals surface area contributed by atoms with Gasteiger partial charge in [-0.15, -0.1) is 0 Å². The van der Waals surface area contributed by atoms with E-state index >= 15 is 0 Å². The molecule has 0 saturated carbocycles. The minimum Gasteiger partial charge on any atom is -0.493 e. The van der Waals surface area contributed by atoms with Crippen LogP contribution in [0.5, 0.6) is 11.5 Å². The standard InChI is InChI=1S/C34H33BrN2O5S/c1-6-41-33(39)30-21(4)36-34-37(31(30)25-12-10-24(11-13-25)20(2)3)32(38)29(43-34)18-23-9-16-27(28(17-23)40-5)42-19-22-7-14-26(35)15-8-22/h7-18,20,31H,6,19H2,1-5H3/b29-18-/t31-/m0/s1. The number of methoxy groups -OCH3 is 1. The SMILES string of the molecule is CCOC(=O)C1=C(C)N=c2s/c(=C\c3ccc(OCc4ccc(Br)cc4)c(OC)c3)c(=O)n2[C@H]1c1ccc(C(C)C)cc1. The number of carbonyl (C=O) groups excluding carboxylic acids is 1. The molecular weight excluding hydrogens is 628 g/mol. The van der Waals surface area contributed by atoms with Crippen LogP contribution < -0.4 is 24.4 Å². The zero-order valence-corrected chi connectivity index (χ0v) is 27.1. The number of esters is 1. The Morgan fingerprint density at radius 1 is 1.07 bits per heavy atom. The van der Waals surface area contributed by atoms with Crippen LogP contribution in [0.3, 0.4) is 0 Å². The monoisotopic (exact) mass is 660 g/mol. The summed E-state index contributed by atoms with van der Waals surface area (Å²) in [5.41, 5.74) is 4.48. The number of allylic oxidation sites excluding steroid dienone is 1. The van der Waals surface area contributed by atoms with Crippen LogP contribution in [0, 0.1) is 0 Å². The quantitative estimate of drug-likeness (QED) is 0.198. The van der Waals surface area contributed by atoms with Gasteiger partial charge in [-0.1, -0.05) is 83.6 Å². The molecule has 43 heavy (non-hydrogen) atoms. The van der Waals surface area contributed by atoms with Crippen molar-refractivity contribution in [1.29, 1.82) is 0 Å². The Labute approximate surface area is 262 Å². The van der Waals surface area contributed by atoms with Crippen LogP contribution in [0.15, 0.2) is 92.3 Å². The smallest absolute Gasteiger partial charge is 0.338 e. The molecule has 5 rings (SSSR count). The van der Waals surface area contributed by atoms with Gasteiger partial charge in [0.15, 0.2) is 16.3 Å². The summed E-state index contributed by atoms with van der Waals surface area (Å²) in [6, 6.07) is 20.9. The van der Waals surface area contributed by atoms with Crippen molar-refractivity contribution >= 4 is 39.3 Å². The first-order chi connectivity index (χ1) is 20.7. The summed E-state index contributed by atoms with van der Waals surface area (Å²) >= 11 is 4.73. The Morgan fingerprint density at radius 3 is 2.44 bits per heavy atom. The molecule has 0 amide bonds. The Morgan fingerprint density at radius 2 is 1.79 bits per heavy atom. The first kappa shape index (κ1) is 30.5. The number of rotatable bonds is 9. The molecule has 0 fully saturated rings. The van der Waals surface area contributed by atoms with E-state index in [2.05, 4.69) is 34.8 Å². The van der Waals surface area contributed by atoms with Crippen molar-refractivity contribution in [3.05, 3.63) is 124 Å². The van der Waals surface area contributed by atoms with E-state index in [0.717, 1.165) is 21.2 Å². The van der Waals surface area contributed by atoms with Gasteiger partial charge in [0.05, 0.1) is 35.6 Å². The summed E-state index contributed by atoms with van der Waals surface area (Å²) in [6.45, 7) is 8.42. The number of ether oxygens (including phenoxy) is 3. The molecule has 4 aromatic rings. The molecule has 0 bridgehead atoms. The topological polar surface area (TPSA) is 79.1 Å². The Bertz CT molecular complexity index is 1850.